The first-order valence-electron chi connectivity index (χ1n) is 11.1. The molecule has 0 radical (unpaired) electrons. The number of urea groups is 1. The second kappa shape index (κ2) is 13.6. The number of ether oxygens (including phenoxy) is 1. The van der Waals surface area contributed by atoms with Gasteiger partial charge in [-0.1, -0.05) is 71.2 Å². The zero-order chi connectivity index (χ0) is 25.8. The van der Waals surface area contributed by atoms with E-state index in [1.54, 1.807) is 18.2 Å². The fourth-order valence-corrected chi connectivity index (χ4v) is 3.47. The molecule has 0 bridgehead atoms. The van der Waals surface area contributed by atoms with Gasteiger partial charge in [-0.25, -0.2) is 4.79 Å². The maximum absolute atomic E-state index is 12.1. The van der Waals surface area contributed by atoms with E-state index in [4.69, 9.17) is 33.0 Å². The van der Waals surface area contributed by atoms with Crippen LogP contribution in [0, 0.1) is 6.92 Å². The molecule has 0 spiro atoms. The molecule has 8 heteroatoms. The zero-order valence-corrected chi connectivity index (χ0v) is 21.5. The van der Waals surface area contributed by atoms with Crippen LogP contribution in [0.3, 0.4) is 0 Å². The van der Waals surface area contributed by atoms with Crippen molar-refractivity contribution in [1.82, 2.24) is 5.32 Å². The van der Waals surface area contributed by atoms with Crippen LogP contribution in [0.15, 0.2) is 72.8 Å². The summed E-state index contributed by atoms with van der Waals surface area (Å²) in [5, 5.41) is 15.2. The predicted octanol–water partition coefficient (Wildman–Crippen LogP) is 7.29. The molecule has 0 aliphatic rings. The number of carboxylic acid groups (broad SMARTS) is 1. The molecule has 3 aromatic carbocycles. The van der Waals surface area contributed by atoms with Gasteiger partial charge in [-0.3, -0.25) is 4.79 Å². The van der Waals surface area contributed by atoms with Gasteiger partial charge in [0.1, 0.15) is 5.75 Å². The van der Waals surface area contributed by atoms with Gasteiger partial charge in [0.25, 0.3) is 0 Å². The Morgan fingerprint density at radius 1 is 0.971 bits per heavy atom. The van der Waals surface area contributed by atoms with Crippen LogP contribution in [0.5, 0.6) is 5.75 Å². The van der Waals surface area contributed by atoms with Gasteiger partial charge in [0.05, 0.1) is 17.2 Å². The number of aliphatic carboxylic acids is 1. The summed E-state index contributed by atoms with van der Waals surface area (Å²) in [5.41, 5.74) is 2.60. The highest BCUT2D eigenvalue weighted by Crippen LogP contribution is 2.27. The van der Waals surface area contributed by atoms with Crippen molar-refractivity contribution in [3.8, 4) is 5.75 Å². The number of aryl methyl sites for hydroxylation is 1. The van der Waals surface area contributed by atoms with E-state index in [2.05, 4.69) is 10.6 Å². The molecule has 0 atom stereocenters. The lowest BCUT2D eigenvalue weighted by Crippen LogP contribution is -2.43. The summed E-state index contributed by atoms with van der Waals surface area (Å²) in [6.45, 7) is 6.31. The summed E-state index contributed by atoms with van der Waals surface area (Å²) in [6.07, 6.45) is 0.541. The highest BCUT2D eigenvalue weighted by atomic mass is 35.5. The molecule has 35 heavy (non-hydrogen) atoms. The number of hydrogen-bond donors (Lipinski definition) is 3. The Bertz CT molecular complexity index is 1100. The molecule has 0 unspecified atom stereocenters. The number of carbonyl (C=O) groups excluding carboxylic acids is 1. The van der Waals surface area contributed by atoms with Gasteiger partial charge in [-0.15, -0.1) is 0 Å². The molecular formula is C27H30Cl2N2O4. The van der Waals surface area contributed by atoms with Gasteiger partial charge >= 0.3 is 12.0 Å². The number of benzene rings is 3. The maximum Gasteiger partial charge on any atom is 0.319 e. The number of halogens is 2. The van der Waals surface area contributed by atoms with E-state index in [1.807, 2.05) is 75.4 Å². The summed E-state index contributed by atoms with van der Waals surface area (Å²) < 4.78 is 5.29. The third-order valence-electron chi connectivity index (χ3n) is 4.92. The van der Waals surface area contributed by atoms with Crippen LogP contribution in [0.1, 0.15) is 37.8 Å². The lowest BCUT2D eigenvalue weighted by molar-refractivity contribution is -0.137. The number of amides is 2. The summed E-state index contributed by atoms with van der Waals surface area (Å²) in [6, 6.07) is 22.3. The fourth-order valence-electron chi connectivity index (χ4n) is 3.01. The minimum atomic E-state index is -0.833. The van der Waals surface area contributed by atoms with E-state index in [9.17, 15) is 9.59 Å². The fraction of sp³-hybridized carbons (Fsp3) is 0.259. The van der Waals surface area contributed by atoms with Crippen molar-refractivity contribution >= 4 is 40.9 Å². The van der Waals surface area contributed by atoms with Crippen LogP contribution in [0.25, 0.3) is 0 Å². The first-order valence-corrected chi connectivity index (χ1v) is 11.8. The van der Waals surface area contributed by atoms with Crippen molar-refractivity contribution in [2.75, 3.05) is 11.9 Å². The Kier molecular flexibility index (Phi) is 10.9. The molecule has 3 N–H and O–H groups in total. The molecule has 0 aliphatic carbocycles. The first kappa shape index (κ1) is 28.0. The topological polar surface area (TPSA) is 87.7 Å². The van der Waals surface area contributed by atoms with Gasteiger partial charge in [0.2, 0.25) is 0 Å². The SMILES string of the molecule is Cc1ccc(NC(=O)NC(C)(C)c2ccccc2)cc1.O=C(O)CCCOc1ccc(Cl)cc1Cl. The Morgan fingerprint density at radius 3 is 2.23 bits per heavy atom. The average Bonchev–Trinajstić information content (AvgIpc) is 2.80. The van der Waals surface area contributed by atoms with Crippen LogP contribution in [0.4, 0.5) is 10.5 Å². The minimum absolute atomic E-state index is 0.0885. The van der Waals surface area contributed by atoms with Crippen molar-refractivity contribution in [3.05, 3.63) is 94.0 Å². The van der Waals surface area contributed by atoms with E-state index >= 15 is 0 Å². The predicted molar refractivity (Wildman–Crippen MR) is 142 cm³/mol. The van der Waals surface area contributed by atoms with Crippen LogP contribution >= 0.6 is 23.2 Å². The molecule has 0 heterocycles. The number of hydrogen-bond acceptors (Lipinski definition) is 3. The molecule has 0 aromatic heterocycles. The average molecular weight is 517 g/mol. The van der Waals surface area contributed by atoms with E-state index in [0.29, 0.717) is 28.8 Å². The highest BCUT2D eigenvalue weighted by molar-refractivity contribution is 6.35. The lowest BCUT2D eigenvalue weighted by Gasteiger charge is -2.27. The first-order chi connectivity index (χ1) is 16.6. The summed E-state index contributed by atoms with van der Waals surface area (Å²) >= 11 is 11.5. The Hall–Kier alpha value is -3.22. The lowest BCUT2D eigenvalue weighted by atomic mass is 9.95. The van der Waals surface area contributed by atoms with Gasteiger partial charge < -0.3 is 20.5 Å². The summed E-state index contributed by atoms with van der Waals surface area (Å²) in [5.74, 6) is -0.313. The third-order valence-corrected chi connectivity index (χ3v) is 5.45. The molecule has 0 fully saturated rings. The van der Waals surface area contributed by atoms with Gasteiger partial charge in [-0.05, 0) is 63.1 Å². The third kappa shape index (κ3) is 10.3. The summed E-state index contributed by atoms with van der Waals surface area (Å²) in [4.78, 5) is 22.3. The van der Waals surface area contributed by atoms with Crippen LogP contribution < -0.4 is 15.4 Å². The van der Waals surface area contributed by atoms with Crippen LogP contribution in [-0.2, 0) is 10.3 Å². The standard InChI is InChI=1S/C17H20N2O.C10H10Cl2O3/c1-13-9-11-15(12-10-13)18-16(20)19-17(2,3)14-7-5-4-6-8-14;11-7-3-4-9(8(12)6-7)15-5-1-2-10(13)14/h4-12H,1-3H3,(H2,18,19,20);3-4,6H,1-2,5H2,(H,13,14). The molecule has 3 aromatic rings. The van der Waals surface area contributed by atoms with Crippen LogP contribution in [-0.4, -0.2) is 23.7 Å². The second-order valence-electron chi connectivity index (χ2n) is 8.36. The number of anilines is 1. The largest absolute Gasteiger partial charge is 0.492 e. The van der Waals surface area contributed by atoms with Gasteiger partial charge in [-0.2, -0.15) is 0 Å². The minimum Gasteiger partial charge on any atom is -0.492 e. The monoisotopic (exact) mass is 516 g/mol. The van der Waals surface area contributed by atoms with E-state index < -0.39 is 11.5 Å². The molecule has 0 aliphatic heterocycles. The normalized spacial score (nSPS) is 10.5. The number of rotatable bonds is 8. The molecule has 0 saturated heterocycles. The van der Waals surface area contributed by atoms with Crippen LogP contribution in [0.2, 0.25) is 10.0 Å². The summed E-state index contributed by atoms with van der Waals surface area (Å²) in [7, 11) is 0. The molecule has 2 amide bonds. The van der Waals surface area contributed by atoms with E-state index in [1.165, 1.54) is 5.56 Å². The second-order valence-corrected chi connectivity index (χ2v) is 9.20. The van der Waals surface area contributed by atoms with E-state index in [-0.39, 0.29) is 12.5 Å². The van der Waals surface area contributed by atoms with Gasteiger partial charge in [0, 0.05) is 17.1 Å². The molecule has 186 valence electrons. The number of nitrogens with one attached hydrogen (secondary N) is 2. The van der Waals surface area contributed by atoms with E-state index in [0.717, 1.165) is 11.3 Å². The smallest absolute Gasteiger partial charge is 0.319 e. The van der Waals surface area contributed by atoms with Crippen molar-refractivity contribution < 1.29 is 19.4 Å². The highest BCUT2D eigenvalue weighted by Gasteiger charge is 2.22. The number of carboxylic acids is 1. The maximum atomic E-state index is 12.1. The quantitative estimate of drug-likeness (QED) is 0.274. The van der Waals surface area contributed by atoms with Crippen molar-refractivity contribution in [2.45, 2.75) is 39.2 Å². The number of carbonyl (C=O) groups is 2. The molecule has 0 saturated carbocycles. The van der Waals surface area contributed by atoms with Crippen molar-refractivity contribution in [2.24, 2.45) is 0 Å². The van der Waals surface area contributed by atoms with Crippen molar-refractivity contribution in [1.29, 1.82) is 0 Å². The molecular weight excluding hydrogens is 487 g/mol. The van der Waals surface area contributed by atoms with Crippen molar-refractivity contribution in [3.63, 3.8) is 0 Å². The Morgan fingerprint density at radius 2 is 1.63 bits per heavy atom. The molecule has 3 rings (SSSR count). The Labute approximate surface area is 216 Å². The Balaban J connectivity index is 0.000000258. The zero-order valence-electron chi connectivity index (χ0n) is 20.0. The van der Waals surface area contributed by atoms with Gasteiger partial charge in [0.15, 0.2) is 0 Å². The molecule has 6 nitrogen and oxygen atoms in total.